The quantitative estimate of drug-likeness (QED) is 0.529. The Bertz CT molecular complexity index is 182. The molecule has 0 amide bonds. The molecule has 2 nitrogen and oxygen atoms in total. The standard InChI is InChI=1S/C15H32N2/c1-13-5-3-7-15(9-8-13)17-12-4-6-14(2)10-11-16/h13-15,17H,3-12,16H2,1-2H3. The average Bonchev–Trinajstić information content (AvgIpc) is 2.50. The lowest BCUT2D eigenvalue weighted by Crippen LogP contribution is -2.29. The molecule has 1 saturated carbocycles. The van der Waals surface area contributed by atoms with Gasteiger partial charge < -0.3 is 11.1 Å². The summed E-state index contributed by atoms with van der Waals surface area (Å²) in [7, 11) is 0. The fourth-order valence-electron chi connectivity index (χ4n) is 2.88. The summed E-state index contributed by atoms with van der Waals surface area (Å²) in [6, 6.07) is 0.796. The highest BCUT2D eigenvalue weighted by atomic mass is 14.9. The van der Waals surface area contributed by atoms with Crippen LogP contribution in [0.2, 0.25) is 0 Å². The molecule has 1 fully saturated rings. The van der Waals surface area contributed by atoms with Gasteiger partial charge in [0.1, 0.15) is 0 Å². The van der Waals surface area contributed by atoms with Crippen molar-refractivity contribution in [1.29, 1.82) is 0 Å². The fourth-order valence-corrected chi connectivity index (χ4v) is 2.88. The van der Waals surface area contributed by atoms with E-state index in [1.165, 1.54) is 57.9 Å². The highest BCUT2D eigenvalue weighted by Crippen LogP contribution is 2.22. The van der Waals surface area contributed by atoms with Gasteiger partial charge in [0.25, 0.3) is 0 Å². The molecule has 2 heteroatoms. The molecule has 1 aliphatic rings. The van der Waals surface area contributed by atoms with Gasteiger partial charge in [-0.2, -0.15) is 0 Å². The van der Waals surface area contributed by atoms with Crippen molar-refractivity contribution in [2.45, 2.75) is 71.3 Å². The number of rotatable bonds is 7. The van der Waals surface area contributed by atoms with Crippen molar-refractivity contribution in [2.75, 3.05) is 13.1 Å². The maximum atomic E-state index is 5.57. The van der Waals surface area contributed by atoms with Crippen LogP contribution in [0.25, 0.3) is 0 Å². The predicted octanol–water partition coefficient (Wildman–Crippen LogP) is 3.31. The van der Waals surface area contributed by atoms with Gasteiger partial charge in [0.05, 0.1) is 0 Å². The first-order chi connectivity index (χ1) is 8.22. The van der Waals surface area contributed by atoms with Crippen molar-refractivity contribution in [3.8, 4) is 0 Å². The third-order valence-electron chi connectivity index (χ3n) is 4.22. The zero-order valence-corrected chi connectivity index (χ0v) is 11.9. The molecule has 17 heavy (non-hydrogen) atoms. The minimum atomic E-state index is 0.796. The normalized spacial score (nSPS) is 27.7. The molecule has 3 N–H and O–H groups in total. The highest BCUT2D eigenvalue weighted by Gasteiger charge is 2.15. The van der Waals surface area contributed by atoms with E-state index >= 15 is 0 Å². The van der Waals surface area contributed by atoms with E-state index in [9.17, 15) is 0 Å². The van der Waals surface area contributed by atoms with Gasteiger partial charge in [-0.05, 0) is 63.5 Å². The lowest BCUT2D eigenvalue weighted by molar-refractivity contribution is 0.417. The van der Waals surface area contributed by atoms with Gasteiger partial charge in [-0.1, -0.05) is 26.7 Å². The molecule has 0 aromatic carbocycles. The molecule has 0 radical (unpaired) electrons. The molecule has 1 aliphatic carbocycles. The van der Waals surface area contributed by atoms with Gasteiger partial charge in [-0.25, -0.2) is 0 Å². The Labute approximate surface area is 108 Å². The third kappa shape index (κ3) is 7.05. The monoisotopic (exact) mass is 240 g/mol. The van der Waals surface area contributed by atoms with Crippen molar-refractivity contribution in [3.05, 3.63) is 0 Å². The van der Waals surface area contributed by atoms with Crippen LogP contribution in [-0.4, -0.2) is 19.1 Å². The van der Waals surface area contributed by atoms with Crippen molar-refractivity contribution in [3.63, 3.8) is 0 Å². The Kier molecular flexibility index (Phi) is 7.87. The van der Waals surface area contributed by atoms with E-state index in [4.69, 9.17) is 5.73 Å². The summed E-state index contributed by atoms with van der Waals surface area (Å²) >= 11 is 0. The molecule has 0 saturated heterocycles. The van der Waals surface area contributed by atoms with E-state index < -0.39 is 0 Å². The van der Waals surface area contributed by atoms with E-state index in [0.29, 0.717) is 0 Å². The molecule has 102 valence electrons. The summed E-state index contributed by atoms with van der Waals surface area (Å²) in [5.41, 5.74) is 5.57. The van der Waals surface area contributed by atoms with Crippen LogP contribution in [0.1, 0.15) is 65.2 Å². The maximum absolute atomic E-state index is 5.57. The van der Waals surface area contributed by atoms with Gasteiger partial charge in [0.15, 0.2) is 0 Å². The minimum absolute atomic E-state index is 0.796. The first-order valence-electron chi connectivity index (χ1n) is 7.65. The van der Waals surface area contributed by atoms with Gasteiger partial charge in [0, 0.05) is 6.04 Å². The summed E-state index contributed by atoms with van der Waals surface area (Å²) < 4.78 is 0. The molecule has 3 unspecified atom stereocenters. The van der Waals surface area contributed by atoms with Gasteiger partial charge in [0.2, 0.25) is 0 Å². The largest absolute Gasteiger partial charge is 0.330 e. The molecule has 0 aromatic heterocycles. The molecule has 0 aromatic rings. The molecule has 1 rings (SSSR count). The predicted molar refractivity (Wildman–Crippen MR) is 76.1 cm³/mol. The van der Waals surface area contributed by atoms with Crippen molar-refractivity contribution < 1.29 is 0 Å². The second-order valence-corrected chi connectivity index (χ2v) is 6.09. The Morgan fingerprint density at radius 2 is 2.00 bits per heavy atom. The highest BCUT2D eigenvalue weighted by molar-refractivity contribution is 4.73. The first-order valence-corrected chi connectivity index (χ1v) is 7.65. The number of hydrogen-bond acceptors (Lipinski definition) is 2. The first kappa shape index (κ1) is 15.0. The summed E-state index contributed by atoms with van der Waals surface area (Å²) in [5, 5.41) is 3.75. The van der Waals surface area contributed by atoms with Crippen LogP contribution in [0.3, 0.4) is 0 Å². The Morgan fingerprint density at radius 3 is 2.76 bits per heavy atom. The van der Waals surface area contributed by atoms with Crippen molar-refractivity contribution in [1.82, 2.24) is 5.32 Å². The van der Waals surface area contributed by atoms with E-state index in [0.717, 1.165) is 24.4 Å². The molecule has 0 aliphatic heterocycles. The van der Waals surface area contributed by atoms with E-state index in [1.807, 2.05) is 0 Å². The van der Waals surface area contributed by atoms with Crippen molar-refractivity contribution in [2.24, 2.45) is 17.6 Å². The van der Waals surface area contributed by atoms with Crippen LogP contribution < -0.4 is 11.1 Å². The SMILES string of the molecule is CC(CCN)CCCNC1CCCC(C)CC1. The second-order valence-electron chi connectivity index (χ2n) is 6.09. The summed E-state index contributed by atoms with van der Waals surface area (Å²) in [5.74, 6) is 1.75. The molecular weight excluding hydrogens is 208 g/mol. The fraction of sp³-hybridized carbons (Fsp3) is 1.00. The van der Waals surface area contributed by atoms with Crippen LogP contribution in [0.4, 0.5) is 0 Å². The van der Waals surface area contributed by atoms with Crippen LogP contribution in [0, 0.1) is 11.8 Å². The van der Waals surface area contributed by atoms with Crippen LogP contribution in [-0.2, 0) is 0 Å². The molecule has 3 atom stereocenters. The second kappa shape index (κ2) is 8.93. The Morgan fingerprint density at radius 1 is 1.18 bits per heavy atom. The Hall–Kier alpha value is -0.0800. The number of hydrogen-bond donors (Lipinski definition) is 2. The summed E-state index contributed by atoms with van der Waals surface area (Å²) in [4.78, 5) is 0. The van der Waals surface area contributed by atoms with E-state index in [1.54, 1.807) is 0 Å². The number of nitrogens with one attached hydrogen (secondary N) is 1. The van der Waals surface area contributed by atoms with Crippen LogP contribution in [0.15, 0.2) is 0 Å². The summed E-state index contributed by atoms with van der Waals surface area (Å²) in [6.45, 7) is 6.76. The molecule has 0 heterocycles. The van der Waals surface area contributed by atoms with Gasteiger partial charge in [-0.15, -0.1) is 0 Å². The van der Waals surface area contributed by atoms with Gasteiger partial charge in [-0.3, -0.25) is 0 Å². The lowest BCUT2D eigenvalue weighted by Gasteiger charge is -2.17. The summed E-state index contributed by atoms with van der Waals surface area (Å²) in [6.07, 6.45) is 10.9. The van der Waals surface area contributed by atoms with Gasteiger partial charge >= 0.3 is 0 Å². The molecule has 0 bridgehead atoms. The average molecular weight is 240 g/mol. The van der Waals surface area contributed by atoms with E-state index in [-0.39, 0.29) is 0 Å². The number of nitrogens with two attached hydrogens (primary N) is 1. The minimum Gasteiger partial charge on any atom is -0.330 e. The topological polar surface area (TPSA) is 38.0 Å². The lowest BCUT2D eigenvalue weighted by atomic mass is 10.0. The Balaban J connectivity index is 2.02. The van der Waals surface area contributed by atoms with Crippen LogP contribution >= 0.6 is 0 Å². The van der Waals surface area contributed by atoms with Crippen molar-refractivity contribution >= 4 is 0 Å². The zero-order valence-electron chi connectivity index (χ0n) is 11.9. The van der Waals surface area contributed by atoms with Crippen LogP contribution in [0.5, 0.6) is 0 Å². The third-order valence-corrected chi connectivity index (χ3v) is 4.22. The maximum Gasteiger partial charge on any atom is 0.00671 e. The molecular formula is C15H32N2. The smallest absolute Gasteiger partial charge is 0.00671 e. The molecule has 0 spiro atoms. The van der Waals surface area contributed by atoms with E-state index in [2.05, 4.69) is 19.2 Å². The zero-order chi connectivity index (χ0) is 12.5.